The van der Waals surface area contributed by atoms with Gasteiger partial charge in [0.05, 0.1) is 6.04 Å². The zero-order chi connectivity index (χ0) is 12.8. The number of imidazole rings is 1. The number of rotatable bonds is 6. The number of nitrogens with zero attached hydrogens (tertiary/aromatic N) is 1. The van der Waals surface area contributed by atoms with E-state index in [-0.39, 0.29) is 0 Å². The van der Waals surface area contributed by atoms with E-state index in [9.17, 15) is 0 Å². The number of hydrogen-bond donors (Lipinski definition) is 2. The van der Waals surface area contributed by atoms with E-state index in [1.807, 2.05) is 12.4 Å². The summed E-state index contributed by atoms with van der Waals surface area (Å²) in [5.74, 6) is 2.85. The van der Waals surface area contributed by atoms with Gasteiger partial charge in [0.1, 0.15) is 5.82 Å². The molecular formula is C15H27N3. The first-order valence-corrected chi connectivity index (χ1v) is 7.57. The highest BCUT2D eigenvalue weighted by Crippen LogP contribution is 2.37. The summed E-state index contributed by atoms with van der Waals surface area (Å²) in [7, 11) is 0. The summed E-state index contributed by atoms with van der Waals surface area (Å²) < 4.78 is 0. The fraction of sp³-hybridized carbons (Fsp3) is 0.800. The van der Waals surface area contributed by atoms with Gasteiger partial charge >= 0.3 is 0 Å². The first-order chi connectivity index (χ1) is 8.85. The van der Waals surface area contributed by atoms with Crippen LogP contribution >= 0.6 is 0 Å². The van der Waals surface area contributed by atoms with E-state index in [0.717, 1.165) is 24.2 Å². The lowest BCUT2D eigenvalue weighted by molar-refractivity contribution is 0.214. The van der Waals surface area contributed by atoms with Gasteiger partial charge < -0.3 is 10.3 Å². The second-order valence-corrected chi connectivity index (χ2v) is 5.60. The van der Waals surface area contributed by atoms with Crippen LogP contribution in [0.1, 0.15) is 64.2 Å². The van der Waals surface area contributed by atoms with Crippen molar-refractivity contribution < 1.29 is 0 Å². The Balaban J connectivity index is 1.96. The predicted octanol–water partition coefficient (Wildman–Crippen LogP) is 3.67. The Morgan fingerprint density at radius 1 is 1.33 bits per heavy atom. The maximum atomic E-state index is 4.47. The first-order valence-electron chi connectivity index (χ1n) is 7.57. The van der Waals surface area contributed by atoms with Gasteiger partial charge in [0.25, 0.3) is 0 Å². The molecule has 102 valence electrons. The second-order valence-electron chi connectivity index (χ2n) is 5.60. The largest absolute Gasteiger partial charge is 0.347 e. The lowest BCUT2D eigenvalue weighted by Crippen LogP contribution is -2.32. The van der Waals surface area contributed by atoms with Crippen molar-refractivity contribution in [1.29, 1.82) is 0 Å². The molecule has 2 N–H and O–H groups in total. The van der Waals surface area contributed by atoms with Crippen molar-refractivity contribution in [2.75, 3.05) is 6.54 Å². The smallest absolute Gasteiger partial charge is 0.123 e. The molecule has 2 rings (SSSR count). The monoisotopic (exact) mass is 249 g/mol. The van der Waals surface area contributed by atoms with Crippen molar-refractivity contribution in [2.24, 2.45) is 11.8 Å². The lowest BCUT2D eigenvalue weighted by Gasteiger charge is -2.33. The molecule has 3 nitrogen and oxygen atoms in total. The zero-order valence-corrected chi connectivity index (χ0v) is 11.8. The quantitative estimate of drug-likeness (QED) is 0.807. The van der Waals surface area contributed by atoms with E-state index in [2.05, 4.69) is 29.1 Å². The molecule has 0 saturated heterocycles. The summed E-state index contributed by atoms with van der Waals surface area (Å²) in [5, 5.41) is 3.68. The number of aromatic amines is 1. The van der Waals surface area contributed by atoms with Crippen LogP contribution in [0.4, 0.5) is 0 Å². The highest BCUT2D eigenvalue weighted by molar-refractivity contribution is 4.99. The van der Waals surface area contributed by atoms with Crippen LogP contribution in [0.2, 0.25) is 0 Å². The number of nitrogens with one attached hydrogen (secondary N) is 2. The number of aromatic nitrogens is 2. The average Bonchev–Trinajstić information content (AvgIpc) is 2.94. The summed E-state index contributed by atoms with van der Waals surface area (Å²) in [4.78, 5) is 7.76. The molecule has 1 fully saturated rings. The molecule has 1 atom stereocenters. The third-order valence-corrected chi connectivity index (χ3v) is 4.37. The van der Waals surface area contributed by atoms with Crippen molar-refractivity contribution in [1.82, 2.24) is 15.3 Å². The van der Waals surface area contributed by atoms with Gasteiger partial charge in [-0.25, -0.2) is 4.98 Å². The Labute approximate surface area is 111 Å². The van der Waals surface area contributed by atoms with Gasteiger partial charge in [-0.1, -0.05) is 33.1 Å². The number of hydrogen-bond acceptors (Lipinski definition) is 2. The Morgan fingerprint density at radius 3 is 2.67 bits per heavy atom. The van der Waals surface area contributed by atoms with Crippen LogP contribution in [-0.2, 0) is 0 Å². The second kappa shape index (κ2) is 6.93. The van der Waals surface area contributed by atoms with Crippen molar-refractivity contribution >= 4 is 0 Å². The molecule has 0 aromatic carbocycles. The minimum Gasteiger partial charge on any atom is -0.347 e. The van der Waals surface area contributed by atoms with E-state index in [0.29, 0.717) is 6.04 Å². The topological polar surface area (TPSA) is 40.7 Å². The molecule has 0 radical (unpaired) electrons. The van der Waals surface area contributed by atoms with Crippen LogP contribution in [0.25, 0.3) is 0 Å². The Hall–Kier alpha value is -0.830. The molecule has 1 unspecified atom stereocenters. The molecule has 0 amide bonds. The molecular weight excluding hydrogens is 222 g/mol. The van der Waals surface area contributed by atoms with Crippen LogP contribution in [0, 0.1) is 11.8 Å². The minimum atomic E-state index is 0.428. The predicted molar refractivity (Wildman–Crippen MR) is 75.4 cm³/mol. The van der Waals surface area contributed by atoms with E-state index in [4.69, 9.17) is 0 Å². The first kappa shape index (κ1) is 13.6. The molecule has 0 aliphatic heterocycles. The lowest BCUT2D eigenvalue weighted by atomic mass is 9.77. The highest BCUT2D eigenvalue weighted by Gasteiger charge is 2.28. The van der Waals surface area contributed by atoms with Gasteiger partial charge in [0.15, 0.2) is 0 Å². The zero-order valence-electron chi connectivity index (χ0n) is 11.8. The van der Waals surface area contributed by atoms with E-state index in [1.165, 1.54) is 38.5 Å². The molecule has 1 aliphatic carbocycles. The van der Waals surface area contributed by atoms with E-state index < -0.39 is 0 Å². The fourth-order valence-corrected chi connectivity index (χ4v) is 3.16. The van der Waals surface area contributed by atoms with Crippen molar-refractivity contribution in [3.05, 3.63) is 18.2 Å². The average molecular weight is 249 g/mol. The van der Waals surface area contributed by atoms with Gasteiger partial charge in [-0.2, -0.15) is 0 Å². The molecule has 1 heterocycles. The standard InChI is InChI=1S/C15H27N3/c1-3-9-16-14(15-17-10-11-18-15)13-7-5-12(4-2)6-8-13/h10-14,16H,3-9H2,1-2H3,(H,17,18). The Morgan fingerprint density at radius 2 is 2.11 bits per heavy atom. The van der Waals surface area contributed by atoms with Gasteiger partial charge in [0, 0.05) is 12.4 Å². The molecule has 18 heavy (non-hydrogen) atoms. The van der Waals surface area contributed by atoms with Gasteiger partial charge in [-0.15, -0.1) is 0 Å². The molecule has 0 spiro atoms. The molecule has 0 bridgehead atoms. The molecule has 1 aromatic heterocycles. The maximum Gasteiger partial charge on any atom is 0.123 e. The van der Waals surface area contributed by atoms with Crippen molar-refractivity contribution in [3.63, 3.8) is 0 Å². The number of H-pyrrole nitrogens is 1. The highest BCUT2D eigenvalue weighted by atomic mass is 15.0. The van der Waals surface area contributed by atoms with Crippen LogP contribution < -0.4 is 5.32 Å². The third kappa shape index (κ3) is 3.35. The fourth-order valence-electron chi connectivity index (χ4n) is 3.16. The van der Waals surface area contributed by atoms with E-state index >= 15 is 0 Å². The van der Waals surface area contributed by atoms with Crippen LogP contribution in [0.5, 0.6) is 0 Å². The molecule has 1 aromatic rings. The van der Waals surface area contributed by atoms with Crippen molar-refractivity contribution in [2.45, 2.75) is 58.4 Å². The summed E-state index contributed by atoms with van der Waals surface area (Å²) >= 11 is 0. The van der Waals surface area contributed by atoms with Crippen LogP contribution in [0.3, 0.4) is 0 Å². The summed E-state index contributed by atoms with van der Waals surface area (Å²) in [6.45, 7) is 5.63. The van der Waals surface area contributed by atoms with Crippen LogP contribution in [-0.4, -0.2) is 16.5 Å². The molecule has 1 aliphatic rings. The van der Waals surface area contributed by atoms with Gasteiger partial charge in [0.2, 0.25) is 0 Å². The minimum absolute atomic E-state index is 0.428. The summed E-state index contributed by atoms with van der Waals surface area (Å²) in [6, 6.07) is 0.428. The normalized spacial score (nSPS) is 26.1. The Bertz CT molecular complexity index is 312. The molecule has 1 saturated carbocycles. The maximum absolute atomic E-state index is 4.47. The summed E-state index contributed by atoms with van der Waals surface area (Å²) in [5.41, 5.74) is 0. The molecule has 3 heteroatoms. The third-order valence-electron chi connectivity index (χ3n) is 4.37. The van der Waals surface area contributed by atoms with Crippen LogP contribution in [0.15, 0.2) is 12.4 Å². The summed E-state index contributed by atoms with van der Waals surface area (Å²) in [6.07, 6.45) is 11.8. The van der Waals surface area contributed by atoms with Crippen molar-refractivity contribution in [3.8, 4) is 0 Å². The SMILES string of the molecule is CCCNC(c1ncc[nH]1)C1CCC(CC)CC1. The van der Waals surface area contributed by atoms with E-state index in [1.54, 1.807) is 0 Å². The Kier molecular flexibility index (Phi) is 5.24. The van der Waals surface area contributed by atoms with Gasteiger partial charge in [-0.3, -0.25) is 0 Å². The van der Waals surface area contributed by atoms with Gasteiger partial charge in [-0.05, 0) is 37.6 Å².